The lowest BCUT2D eigenvalue weighted by Gasteiger charge is -2.26. The lowest BCUT2D eigenvalue weighted by Crippen LogP contribution is -2.27. The number of aromatic hydroxyl groups is 1. The zero-order valence-corrected chi connectivity index (χ0v) is 13.0. The largest absolute Gasteiger partial charge is 0.508 e. The molecule has 0 fully saturated rings. The minimum absolute atomic E-state index is 0.0242. The first-order valence-corrected chi connectivity index (χ1v) is 7.61. The Balaban J connectivity index is 2.08. The van der Waals surface area contributed by atoms with Gasteiger partial charge in [-0.1, -0.05) is 24.3 Å². The van der Waals surface area contributed by atoms with Gasteiger partial charge >= 0.3 is 0 Å². The first kappa shape index (κ1) is 14.8. The van der Waals surface area contributed by atoms with Crippen LogP contribution in [-0.4, -0.2) is 10.1 Å². The highest BCUT2D eigenvalue weighted by atomic mass is 16.5. The van der Waals surface area contributed by atoms with Crippen molar-refractivity contribution in [3.05, 3.63) is 81.5 Å². The number of hydrogen-bond acceptors (Lipinski definition) is 5. The summed E-state index contributed by atoms with van der Waals surface area (Å²) in [5.41, 5.74) is 7.43. The SMILES string of the molecule is N#CC1=C(N)Oc2c(c(=O)[nH]c3ccccc23)C1c1ccc(O)cc1. The van der Waals surface area contributed by atoms with Gasteiger partial charge in [0.15, 0.2) is 0 Å². The van der Waals surface area contributed by atoms with E-state index < -0.39 is 5.92 Å². The van der Waals surface area contributed by atoms with E-state index in [9.17, 15) is 15.2 Å². The zero-order chi connectivity index (χ0) is 17.6. The van der Waals surface area contributed by atoms with Crippen LogP contribution in [0, 0.1) is 11.3 Å². The van der Waals surface area contributed by atoms with E-state index in [2.05, 4.69) is 4.98 Å². The number of ether oxygens (including phenoxy) is 1. The van der Waals surface area contributed by atoms with Crippen molar-refractivity contribution in [3.63, 3.8) is 0 Å². The Kier molecular flexibility index (Phi) is 3.22. The Morgan fingerprint density at radius 3 is 2.60 bits per heavy atom. The number of nitrogens with two attached hydrogens (primary N) is 1. The summed E-state index contributed by atoms with van der Waals surface area (Å²) in [4.78, 5) is 15.6. The second kappa shape index (κ2) is 5.42. The third-order valence-electron chi connectivity index (χ3n) is 4.31. The van der Waals surface area contributed by atoms with Gasteiger partial charge in [0.2, 0.25) is 5.88 Å². The monoisotopic (exact) mass is 331 g/mol. The standard InChI is InChI=1S/C19H13N3O3/c20-9-13-15(10-5-7-11(23)8-6-10)16-17(25-18(13)21)12-3-1-2-4-14(12)22-19(16)24/h1-8,15,23H,21H2,(H,22,24). The number of nitrogens with one attached hydrogen (secondary N) is 1. The topological polar surface area (TPSA) is 112 Å². The van der Waals surface area contributed by atoms with Crippen molar-refractivity contribution >= 4 is 10.9 Å². The van der Waals surface area contributed by atoms with Crippen LogP contribution in [-0.2, 0) is 0 Å². The van der Waals surface area contributed by atoms with Crippen molar-refractivity contribution in [1.29, 1.82) is 5.26 Å². The fraction of sp³-hybridized carbons (Fsp3) is 0.0526. The molecule has 0 amide bonds. The summed E-state index contributed by atoms with van der Waals surface area (Å²) in [6, 6.07) is 15.6. The van der Waals surface area contributed by atoms with Crippen LogP contribution < -0.4 is 16.0 Å². The number of para-hydroxylation sites is 1. The summed E-state index contributed by atoms with van der Waals surface area (Å²) >= 11 is 0. The van der Waals surface area contributed by atoms with Crippen molar-refractivity contribution in [3.8, 4) is 17.6 Å². The number of pyridine rings is 1. The molecule has 1 aliphatic rings. The van der Waals surface area contributed by atoms with Gasteiger partial charge in [0.1, 0.15) is 23.1 Å². The summed E-state index contributed by atoms with van der Waals surface area (Å²) in [6.45, 7) is 0. The molecule has 0 aliphatic carbocycles. The molecule has 3 aromatic rings. The van der Waals surface area contributed by atoms with E-state index in [0.717, 1.165) is 0 Å². The number of benzene rings is 2. The fourth-order valence-corrected chi connectivity index (χ4v) is 3.17. The molecule has 1 aliphatic heterocycles. The third kappa shape index (κ3) is 2.22. The zero-order valence-electron chi connectivity index (χ0n) is 13.0. The molecule has 6 nitrogen and oxygen atoms in total. The van der Waals surface area contributed by atoms with Crippen molar-refractivity contribution < 1.29 is 9.84 Å². The van der Waals surface area contributed by atoms with Gasteiger partial charge in [-0.25, -0.2) is 0 Å². The maximum atomic E-state index is 12.7. The molecule has 0 radical (unpaired) electrons. The summed E-state index contributed by atoms with van der Waals surface area (Å²) in [5.74, 6) is -0.237. The number of allylic oxidation sites excluding steroid dienone is 1. The predicted molar refractivity (Wildman–Crippen MR) is 92.0 cm³/mol. The molecule has 1 aromatic heterocycles. The Hall–Kier alpha value is -3.72. The second-order valence-electron chi connectivity index (χ2n) is 5.76. The number of aromatic nitrogens is 1. The summed E-state index contributed by atoms with van der Waals surface area (Å²) in [5, 5.41) is 19.8. The maximum absolute atomic E-state index is 12.7. The van der Waals surface area contributed by atoms with Gasteiger partial charge in [-0.15, -0.1) is 0 Å². The quantitative estimate of drug-likeness (QED) is 0.634. The van der Waals surface area contributed by atoms with Crippen LogP contribution >= 0.6 is 0 Å². The van der Waals surface area contributed by atoms with E-state index in [1.807, 2.05) is 24.3 Å². The van der Waals surface area contributed by atoms with E-state index in [-0.39, 0.29) is 22.8 Å². The van der Waals surface area contributed by atoms with Crippen LogP contribution in [0.5, 0.6) is 11.5 Å². The molecule has 2 aromatic carbocycles. The van der Waals surface area contributed by atoms with E-state index in [0.29, 0.717) is 27.8 Å². The minimum Gasteiger partial charge on any atom is -0.508 e. The molecule has 0 spiro atoms. The van der Waals surface area contributed by atoms with Gasteiger partial charge < -0.3 is 20.6 Å². The van der Waals surface area contributed by atoms with Gasteiger partial charge in [-0.05, 0) is 29.8 Å². The van der Waals surface area contributed by atoms with Crippen molar-refractivity contribution in [2.45, 2.75) is 5.92 Å². The van der Waals surface area contributed by atoms with E-state index in [1.165, 1.54) is 12.1 Å². The number of fused-ring (bicyclic) bond motifs is 3. The second-order valence-corrected chi connectivity index (χ2v) is 5.76. The number of phenols is 1. The van der Waals surface area contributed by atoms with Crippen LogP contribution in [0.4, 0.5) is 0 Å². The smallest absolute Gasteiger partial charge is 0.256 e. The van der Waals surface area contributed by atoms with Crippen LogP contribution in [0.2, 0.25) is 0 Å². The molecule has 1 unspecified atom stereocenters. The summed E-state index contributed by atoms with van der Waals surface area (Å²) < 4.78 is 5.67. The van der Waals surface area contributed by atoms with Gasteiger partial charge in [-0.3, -0.25) is 4.79 Å². The van der Waals surface area contributed by atoms with Gasteiger partial charge in [0.25, 0.3) is 5.56 Å². The Morgan fingerprint density at radius 2 is 1.88 bits per heavy atom. The number of nitrogens with zero attached hydrogens (tertiary/aromatic N) is 1. The van der Waals surface area contributed by atoms with Crippen molar-refractivity contribution in [2.75, 3.05) is 0 Å². The number of H-pyrrole nitrogens is 1. The molecule has 122 valence electrons. The first-order chi connectivity index (χ1) is 12.1. The van der Waals surface area contributed by atoms with Crippen molar-refractivity contribution in [2.24, 2.45) is 5.73 Å². The number of nitriles is 1. The highest BCUT2D eigenvalue weighted by Gasteiger charge is 2.34. The predicted octanol–water partition coefficient (Wildman–Crippen LogP) is 2.45. The van der Waals surface area contributed by atoms with E-state index in [4.69, 9.17) is 10.5 Å². The minimum atomic E-state index is -0.664. The van der Waals surface area contributed by atoms with Gasteiger partial charge in [0.05, 0.1) is 17.0 Å². The van der Waals surface area contributed by atoms with Crippen LogP contribution in [0.1, 0.15) is 17.0 Å². The molecule has 0 saturated carbocycles. The molecule has 4 N–H and O–H groups in total. The Labute approximate surface area is 142 Å². The maximum Gasteiger partial charge on any atom is 0.256 e. The first-order valence-electron chi connectivity index (χ1n) is 7.61. The third-order valence-corrected chi connectivity index (χ3v) is 4.31. The molecule has 0 saturated heterocycles. The summed E-state index contributed by atoms with van der Waals surface area (Å²) in [7, 11) is 0. The molecule has 4 rings (SSSR count). The van der Waals surface area contributed by atoms with Gasteiger partial charge in [-0.2, -0.15) is 5.26 Å². The average molecular weight is 331 g/mol. The number of hydrogen-bond donors (Lipinski definition) is 3. The molecule has 25 heavy (non-hydrogen) atoms. The Morgan fingerprint density at radius 1 is 1.16 bits per heavy atom. The summed E-state index contributed by atoms with van der Waals surface area (Å²) in [6.07, 6.45) is 0. The lowest BCUT2D eigenvalue weighted by atomic mass is 9.83. The Bertz CT molecular complexity index is 1120. The number of rotatable bonds is 1. The van der Waals surface area contributed by atoms with E-state index >= 15 is 0 Å². The molecular formula is C19H13N3O3. The average Bonchev–Trinajstić information content (AvgIpc) is 2.61. The highest BCUT2D eigenvalue weighted by molar-refractivity contribution is 5.87. The van der Waals surface area contributed by atoms with Crippen LogP contribution in [0.15, 0.2) is 64.8 Å². The number of phenolic OH excluding ortho intramolecular Hbond substituents is 1. The van der Waals surface area contributed by atoms with Crippen LogP contribution in [0.3, 0.4) is 0 Å². The molecule has 1 atom stereocenters. The van der Waals surface area contributed by atoms with Crippen LogP contribution in [0.25, 0.3) is 10.9 Å². The normalized spacial score (nSPS) is 16.2. The molecular weight excluding hydrogens is 318 g/mol. The highest BCUT2D eigenvalue weighted by Crippen LogP contribution is 2.42. The molecule has 6 heteroatoms. The van der Waals surface area contributed by atoms with Gasteiger partial charge in [0, 0.05) is 5.39 Å². The fourth-order valence-electron chi connectivity index (χ4n) is 3.17. The number of aromatic amines is 1. The van der Waals surface area contributed by atoms with E-state index in [1.54, 1.807) is 18.2 Å². The lowest BCUT2D eigenvalue weighted by molar-refractivity contribution is 0.397. The molecule has 0 bridgehead atoms. The van der Waals surface area contributed by atoms with Crippen molar-refractivity contribution in [1.82, 2.24) is 4.98 Å². The molecule has 2 heterocycles.